The molecule has 1 heterocycles. The Kier molecular flexibility index (Phi) is 5.74. The molecule has 0 aromatic carbocycles. The molecule has 2 N–H and O–H groups in total. The molecule has 0 saturated carbocycles. The third kappa shape index (κ3) is 3.51. The van der Waals surface area contributed by atoms with Crippen molar-refractivity contribution >= 4 is 12.1 Å². The lowest BCUT2D eigenvalue weighted by Gasteiger charge is -2.30. The summed E-state index contributed by atoms with van der Waals surface area (Å²) in [5.41, 5.74) is 0. The second kappa shape index (κ2) is 7.08. The molecule has 0 aliphatic carbocycles. The quantitative estimate of drug-likeness (QED) is 0.783. The van der Waals surface area contributed by atoms with Gasteiger partial charge in [0.05, 0.1) is 6.04 Å². The van der Waals surface area contributed by atoms with Crippen molar-refractivity contribution in [2.45, 2.75) is 32.7 Å². The molecule has 4 amide bonds. The number of amides is 4. The molecule has 6 heteroatoms. The fourth-order valence-electron chi connectivity index (χ4n) is 2.27. The molecule has 6 nitrogen and oxygen atoms in total. The average molecular weight is 256 g/mol. The lowest BCUT2D eigenvalue weighted by Crippen LogP contribution is -2.49. The largest absolute Gasteiger partial charge is 0.341 e. The Hall–Kier alpha value is -1.46. The number of carbonyl (C=O) groups is 2. The van der Waals surface area contributed by atoms with Crippen molar-refractivity contribution < 1.29 is 9.59 Å². The van der Waals surface area contributed by atoms with Crippen molar-refractivity contribution in [3.05, 3.63) is 0 Å². The van der Waals surface area contributed by atoms with Gasteiger partial charge in [-0.2, -0.15) is 0 Å². The van der Waals surface area contributed by atoms with Crippen LogP contribution in [-0.2, 0) is 0 Å². The molecule has 1 aliphatic heterocycles. The van der Waals surface area contributed by atoms with Gasteiger partial charge in [0, 0.05) is 33.2 Å². The summed E-state index contributed by atoms with van der Waals surface area (Å²) in [5, 5.41) is 5.29. The minimum atomic E-state index is -0.197. The Balaban J connectivity index is 2.53. The molecule has 0 aromatic heterocycles. The van der Waals surface area contributed by atoms with Crippen LogP contribution in [0.3, 0.4) is 0 Å². The van der Waals surface area contributed by atoms with E-state index >= 15 is 0 Å². The van der Waals surface area contributed by atoms with Gasteiger partial charge < -0.3 is 20.4 Å². The van der Waals surface area contributed by atoms with Crippen LogP contribution in [0.15, 0.2) is 0 Å². The number of hydrogen-bond acceptors (Lipinski definition) is 2. The predicted molar refractivity (Wildman–Crippen MR) is 70.5 cm³/mol. The lowest BCUT2D eigenvalue weighted by molar-refractivity contribution is 0.151. The Bertz CT molecular complexity index is 292. The molecule has 0 radical (unpaired) electrons. The molecule has 1 fully saturated rings. The highest BCUT2D eigenvalue weighted by Crippen LogP contribution is 2.18. The highest BCUT2D eigenvalue weighted by atomic mass is 16.2. The predicted octanol–water partition coefficient (Wildman–Crippen LogP) is 0.842. The molecule has 0 aromatic rings. The summed E-state index contributed by atoms with van der Waals surface area (Å²) >= 11 is 0. The number of urea groups is 2. The van der Waals surface area contributed by atoms with Crippen molar-refractivity contribution in [3.8, 4) is 0 Å². The van der Waals surface area contributed by atoms with E-state index in [1.807, 2.05) is 23.6 Å². The first-order chi connectivity index (χ1) is 8.63. The van der Waals surface area contributed by atoms with Crippen LogP contribution >= 0.6 is 0 Å². The summed E-state index contributed by atoms with van der Waals surface area (Å²) in [6.45, 7) is 6.72. The molecule has 0 bridgehead atoms. The van der Waals surface area contributed by atoms with Gasteiger partial charge >= 0.3 is 12.1 Å². The third-order valence-corrected chi connectivity index (χ3v) is 3.38. The van der Waals surface area contributed by atoms with Gasteiger partial charge in [-0.1, -0.05) is 0 Å². The number of carbonyl (C=O) groups excluding carboxylic acids is 2. The molecule has 1 atom stereocenters. The molecule has 1 saturated heterocycles. The SMILES string of the molecule is CCN(CC)C(=O)N1CCC[C@@H]1CNC(=O)NC. The van der Waals surface area contributed by atoms with Crippen molar-refractivity contribution in [3.63, 3.8) is 0 Å². The van der Waals surface area contributed by atoms with E-state index in [4.69, 9.17) is 0 Å². The van der Waals surface area contributed by atoms with Crippen molar-refractivity contribution in [1.82, 2.24) is 20.4 Å². The van der Waals surface area contributed by atoms with E-state index in [0.29, 0.717) is 6.54 Å². The Morgan fingerprint density at radius 1 is 1.33 bits per heavy atom. The maximum absolute atomic E-state index is 12.3. The fraction of sp³-hybridized carbons (Fsp3) is 0.833. The molecule has 1 rings (SSSR count). The minimum Gasteiger partial charge on any atom is -0.341 e. The van der Waals surface area contributed by atoms with E-state index in [-0.39, 0.29) is 18.1 Å². The average Bonchev–Trinajstić information content (AvgIpc) is 2.85. The standard InChI is InChI=1S/C12H24N4O2/c1-4-15(5-2)12(18)16-8-6-7-10(16)9-14-11(17)13-3/h10H,4-9H2,1-3H3,(H2,13,14,17)/t10-/m1/s1. The van der Waals surface area contributed by atoms with Gasteiger partial charge in [-0.15, -0.1) is 0 Å². The highest BCUT2D eigenvalue weighted by molar-refractivity contribution is 5.76. The van der Waals surface area contributed by atoms with Crippen LogP contribution in [0.5, 0.6) is 0 Å². The van der Waals surface area contributed by atoms with E-state index in [2.05, 4.69) is 10.6 Å². The van der Waals surface area contributed by atoms with E-state index in [9.17, 15) is 9.59 Å². The Morgan fingerprint density at radius 3 is 2.56 bits per heavy atom. The summed E-state index contributed by atoms with van der Waals surface area (Å²) < 4.78 is 0. The van der Waals surface area contributed by atoms with Crippen molar-refractivity contribution in [2.75, 3.05) is 33.2 Å². The van der Waals surface area contributed by atoms with Crippen LogP contribution in [0.4, 0.5) is 9.59 Å². The summed E-state index contributed by atoms with van der Waals surface area (Å²) in [7, 11) is 1.59. The highest BCUT2D eigenvalue weighted by Gasteiger charge is 2.30. The van der Waals surface area contributed by atoms with E-state index in [0.717, 1.165) is 32.5 Å². The summed E-state index contributed by atoms with van der Waals surface area (Å²) in [5.74, 6) is 0. The first kappa shape index (κ1) is 14.6. The lowest BCUT2D eigenvalue weighted by atomic mass is 10.2. The third-order valence-electron chi connectivity index (χ3n) is 3.38. The minimum absolute atomic E-state index is 0.0845. The van der Waals surface area contributed by atoms with Crippen molar-refractivity contribution in [1.29, 1.82) is 0 Å². The van der Waals surface area contributed by atoms with Crippen LogP contribution in [0, 0.1) is 0 Å². The normalized spacial score (nSPS) is 18.6. The van der Waals surface area contributed by atoms with Gasteiger partial charge in [0.15, 0.2) is 0 Å². The van der Waals surface area contributed by atoms with Crippen molar-refractivity contribution in [2.24, 2.45) is 0 Å². The van der Waals surface area contributed by atoms with Gasteiger partial charge in [0.25, 0.3) is 0 Å². The number of nitrogens with one attached hydrogen (secondary N) is 2. The molecule has 1 aliphatic rings. The van der Waals surface area contributed by atoms with Crippen LogP contribution in [0.25, 0.3) is 0 Å². The Labute approximate surface area is 109 Å². The summed E-state index contributed by atoms with van der Waals surface area (Å²) in [4.78, 5) is 27.1. The summed E-state index contributed by atoms with van der Waals surface area (Å²) in [6, 6.07) is 0.00810. The van der Waals surface area contributed by atoms with Crippen LogP contribution in [-0.4, -0.2) is 61.1 Å². The monoisotopic (exact) mass is 256 g/mol. The van der Waals surface area contributed by atoms with E-state index < -0.39 is 0 Å². The molecule has 104 valence electrons. The summed E-state index contributed by atoms with van der Waals surface area (Å²) in [6.07, 6.45) is 1.96. The first-order valence-corrected chi connectivity index (χ1v) is 6.65. The zero-order valence-electron chi connectivity index (χ0n) is 11.5. The van der Waals surface area contributed by atoms with Gasteiger partial charge in [-0.25, -0.2) is 9.59 Å². The van der Waals surface area contributed by atoms with Gasteiger partial charge in [-0.05, 0) is 26.7 Å². The van der Waals surface area contributed by atoms with Gasteiger partial charge in [0.1, 0.15) is 0 Å². The van der Waals surface area contributed by atoms with Crippen LogP contribution in [0.1, 0.15) is 26.7 Å². The Morgan fingerprint density at radius 2 is 2.00 bits per heavy atom. The molecular weight excluding hydrogens is 232 g/mol. The maximum atomic E-state index is 12.3. The van der Waals surface area contributed by atoms with E-state index in [1.54, 1.807) is 7.05 Å². The van der Waals surface area contributed by atoms with Crippen LogP contribution < -0.4 is 10.6 Å². The van der Waals surface area contributed by atoms with Gasteiger partial charge in [-0.3, -0.25) is 0 Å². The molecule has 18 heavy (non-hydrogen) atoms. The number of likely N-dealkylation sites (tertiary alicyclic amines) is 1. The molecule has 0 unspecified atom stereocenters. The number of nitrogens with zero attached hydrogens (tertiary/aromatic N) is 2. The fourth-order valence-corrected chi connectivity index (χ4v) is 2.27. The second-order valence-corrected chi connectivity index (χ2v) is 4.40. The smallest absolute Gasteiger partial charge is 0.320 e. The topological polar surface area (TPSA) is 64.7 Å². The first-order valence-electron chi connectivity index (χ1n) is 6.65. The maximum Gasteiger partial charge on any atom is 0.320 e. The molecule has 0 spiro atoms. The zero-order chi connectivity index (χ0) is 13.5. The van der Waals surface area contributed by atoms with Crippen LogP contribution in [0.2, 0.25) is 0 Å². The second-order valence-electron chi connectivity index (χ2n) is 4.40. The zero-order valence-corrected chi connectivity index (χ0v) is 11.5. The van der Waals surface area contributed by atoms with E-state index in [1.165, 1.54) is 0 Å². The molecular formula is C12H24N4O2. The number of rotatable bonds is 4. The number of hydrogen-bond donors (Lipinski definition) is 2. The van der Waals surface area contributed by atoms with Gasteiger partial charge in [0.2, 0.25) is 0 Å².